The predicted molar refractivity (Wildman–Crippen MR) is 47.8 cm³/mol. The third kappa shape index (κ3) is 2.91. The van der Waals surface area contributed by atoms with Crippen LogP contribution in [0.1, 0.15) is 12.0 Å². The van der Waals surface area contributed by atoms with Gasteiger partial charge in [-0.25, -0.2) is 4.98 Å². The van der Waals surface area contributed by atoms with Gasteiger partial charge < -0.3 is 5.32 Å². The zero-order chi connectivity index (χ0) is 9.68. The summed E-state index contributed by atoms with van der Waals surface area (Å²) in [4.78, 5) is 14.9. The van der Waals surface area contributed by atoms with E-state index >= 15 is 0 Å². The Kier molecular flexibility index (Phi) is 2.98. The van der Waals surface area contributed by atoms with E-state index in [9.17, 15) is 4.79 Å². The van der Waals surface area contributed by atoms with E-state index in [0.29, 0.717) is 5.82 Å². The lowest BCUT2D eigenvalue weighted by atomic mass is 10.3. The number of aryl methyl sites for hydroxylation is 1. The maximum Gasteiger partial charge on any atom is 0.239 e. The van der Waals surface area contributed by atoms with Crippen molar-refractivity contribution in [1.82, 2.24) is 4.98 Å². The highest BCUT2D eigenvalue weighted by Crippen LogP contribution is 2.05. The van der Waals surface area contributed by atoms with E-state index in [4.69, 9.17) is 5.26 Å². The first-order chi connectivity index (χ1) is 6.22. The molecule has 1 aromatic rings. The van der Waals surface area contributed by atoms with Crippen LogP contribution in [0.15, 0.2) is 18.3 Å². The number of nitriles is 1. The number of rotatable bonds is 2. The summed E-state index contributed by atoms with van der Waals surface area (Å²) in [6.07, 6.45) is 1.47. The van der Waals surface area contributed by atoms with Gasteiger partial charge in [0.05, 0.1) is 6.07 Å². The monoisotopic (exact) mass is 175 g/mol. The van der Waals surface area contributed by atoms with E-state index in [2.05, 4.69) is 10.3 Å². The van der Waals surface area contributed by atoms with Crippen molar-refractivity contribution in [2.45, 2.75) is 13.3 Å². The fourth-order valence-corrected chi connectivity index (χ4v) is 0.863. The Labute approximate surface area is 76.2 Å². The molecule has 1 heterocycles. The number of hydrogen-bond acceptors (Lipinski definition) is 3. The van der Waals surface area contributed by atoms with Crippen molar-refractivity contribution in [1.29, 1.82) is 5.26 Å². The molecule has 1 amide bonds. The quantitative estimate of drug-likeness (QED) is 0.735. The maximum atomic E-state index is 11.0. The van der Waals surface area contributed by atoms with E-state index in [1.807, 2.05) is 13.0 Å². The van der Waals surface area contributed by atoms with Gasteiger partial charge in [-0.05, 0) is 24.6 Å². The average Bonchev–Trinajstić information content (AvgIpc) is 2.04. The second kappa shape index (κ2) is 4.21. The van der Waals surface area contributed by atoms with Gasteiger partial charge in [-0.15, -0.1) is 0 Å². The minimum atomic E-state index is -0.333. The van der Waals surface area contributed by atoms with Gasteiger partial charge in [0.15, 0.2) is 0 Å². The minimum Gasteiger partial charge on any atom is -0.310 e. The molecule has 0 aromatic carbocycles. The number of carbonyl (C=O) groups excluding carboxylic acids is 1. The van der Waals surface area contributed by atoms with Crippen molar-refractivity contribution in [2.75, 3.05) is 5.32 Å². The molecule has 0 atom stereocenters. The van der Waals surface area contributed by atoms with E-state index < -0.39 is 0 Å². The SMILES string of the molecule is Cc1ccnc(NC(=O)CC#N)c1. The molecule has 0 fully saturated rings. The molecule has 0 unspecified atom stereocenters. The van der Waals surface area contributed by atoms with Crippen LogP contribution in [0.3, 0.4) is 0 Å². The molecule has 0 saturated heterocycles. The molecule has 1 rings (SSSR count). The fourth-order valence-electron chi connectivity index (χ4n) is 0.863. The second-order valence-corrected chi connectivity index (χ2v) is 2.60. The lowest BCUT2D eigenvalue weighted by molar-refractivity contribution is -0.115. The number of nitrogens with one attached hydrogen (secondary N) is 1. The van der Waals surface area contributed by atoms with Crippen molar-refractivity contribution in [2.24, 2.45) is 0 Å². The van der Waals surface area contributed by atoms with Crippen LogP contribution in [0.25, 0.3) is 0 Å². The lowest BCUT2D eigenvalue weighted by Gasteiger charge is -2.01. The number of anilines is 1. The van der Waals surface area contributed by atoms with Crippen LogP contribution < -0.4 is 5.32 Å². The number of amides is 1. The molecule has 0 spiro atoms. The Hall–Kier alpha value is -1.89. The van der Waals surface area contributed by atoms with Crippen LogP contribution in [-0.2, 0) is 4.79 Å². The molecule has 0 aliphatic heterocycles. The van der Waals surface area contributed by atoms with Crippen LogP contribution in [0.2, 0.25) is 0 Å². The molecule has 13 heavy (non-hydrogen) atoms. The Bertz CT molecular complexity index is 354. The van der Waals surface area contributed by atoms with E-state index in [1.165, 1.54) is 0 Å². The Balaban J connectivity index is 2.65. The molecule has 0 radical (unpaired) electrons. The first-order valence-electron chi connectivity index (χ1n) is 3.82. The van der Waals surface area contributed by atoms with E-state index in [0.717, 1.165) is 5.56 Å². The highest BCUT2D eigenvalue weighted by Gasteiger charge is 2.01. The summed E-state index contributed by atoms with van der Waals surface area (Å²) in [7, 11) is 0. The van der Waals surface area contributed by atoms with Gasteiger partial charge >= 0.3 is 0 Å². The average molecular weight is 175 g/mol. The van der Waals surface area contributed by atoms with Gasteiger partial charge in [-0.2, -0.15) is 5.26 Å². The van der Waals surface area contributed by atoms with Crippen LogP contribution in [0.5, 0.6) is 0 Å². The molecule has 1 N–H and O–H groups in total. The zero-order valence-electron chi connectivity index (χ0n) is 7.24. The first kappa shape index (κ1) is 9.20. The third-order valence-electron chi connectivity index (χ3n) is 1.42. The number of nitrogens with zero attached hydrogens (tertiary/aromatic N) is 2. The van der Waals surface area contributed by atoms with Crippen LogP contribution in [0, 0.1) is 18.3 Å². The number of pyridine rings is 1. The third-order valence-corrected chi connectivity index (χ3v) is 1.42. The van der Waals surface area contributed by atoms with E-state index in [1.54, 1.807) is 18.3 Å². The number of aromatic nitrogens is 1. The molecule has 0 aliphatic carbocycles. The molecule has 0 aliphatic rings. The molecule has 4 heteroatoms. The maximum absolute atomic E-state index is 11.0. The summed E-state index contributed by atoms with van der Waals surface area (Å²) in [5, 5.41) is 10.7. The molecule has 1 aromatic heterocycles. The smallest absolute Gasteiger partial charge is 0.239 e. The molecule has 66 valence electrons. The Morgan fingerprint density at radius 1 is 1.77 bits per heavy atom. The standard InChI is InChI=1S/C9H9N3O/c1-7-3-5-11-8(6-7)12-9(13)2-4-10/h3,5-6H,2H2,1H3,(H,11,12,13). The van der Waals surface area contributed by atoms with Gasteiger partial charge in [0.1, 0.15) is 12.2 Å². The number of hydrogen-bond donors (Lipinski definition) is 1. The summed E-state index contributed by atoms with van der Waals surface area (Å²) in [5.41, 5.74) is 1.02. The van der Waals surface area contributed by atoms with Gasteiger partial charge in [-0.1, -0.05) is 0 Å². The lowest BCUT2D eigenvalue weighted by Crippen LogP contribution is -2.11. The van der Waals surface area contributed by atoms with Crippen molar-refractivity contribution in [3.63, 3.8) is 0 Å². The number of carbonyl (C=O) groups is 1. The molecule has 0 bridgehead atoms. The highest BCUT2D eigenvalue weighted by atomic mass is 16.1. The first-order valence-corrected chi connectivity index (χ1v) is 3.82. The summed E-state index contributed by atoms with van der Waals surface area (Å²) in [5.74, 6) is 0.154. The highest BCUT2D eigenvalue weighted by molar-refractivity contribution is 5.91. The van der Waals surface area contributed by atoms with Crippen LogP contribution >= 0.6 is 0 Å². The van der Waals surface area contributed by atoms with Gasteiger partial charge in [0.25, 0.3) is 0 Å². The minimum absolute atomic E-state index is 0.143. The zero-order valence-corrected chi connectivity index (χ0v) is 7.24. The summed E-state index contributed by atoms with van der Waals surface area (Å²) in [6.45, 7) is 1.90. The van der Waals surface area contributed by atoms with Crippen molar-refractivity contribution < 1.29 is 4.79 Å². The normalized spacial score (nSPS) is 8.92. The fraction of sp³-hybridized carbons (Fsp3) is 0.222. The van der Waals surface area contributed by atoms with Crippen LogP contribution in [-0.4, -0.2) is 10.9 Å². The topological polar surface area (TPSA) is 65.8 Å². The summed E-state index contributed by atoms with van der Waals surface area (Å²) >= 11 is 0. The summed E-state index contributed by atoms with van der Waals surface area (Å²) < 4.78 is 0. The van der Waals surface area contributed by atoms with E-state index in [-0.39, 0.29) is 12.3 Å². The van der Waals surface area contributed by atoms with Crippen molar-refractivity contribution in [3.8, 4) is 6.07 Å². The van der Waals surface area contributed by atoms with Gasteiger partial charge in [0, 0.05) is 6.20 Å². The van der Waals surface area contributed by atoms with Gasteiger partial charge in [0.2, 0.25) is 5.91 Å². The van der Waals surface area contributed by atoms with Crippen molar-refractivity contribution in [3.05, 3.63) is 23.9 Å². The van der Waals surface area contributed by atoms with Gasteiger partial charge in [-0.3, -0.25) is 4.79 Å². The molecule has 4 nitrogen and oxygen atoms in total. The molecular formula is C9H9N3O. The van der Waals surface area contributed by atoms with Crippen molar-refractivity contribution >= 4 is 11.7 Å². The molecule has 0 saturated carbocycles. The largest absolute Gasteiger partial charge is 0.310 e. The predicted octanol–water partition coefficient (Wildman–Crippen LogP) is 1.24. The summed E-state index contributed by atoms with van der Waals surface area (Å²) in [6, 6.07) is 5.34. The Morgan fingerprint density at radius 3 is 3.15 bits per heavy atom. The molecular weight excluding hydrogens is 166 g/mol. The second-order valence-electron chi connectivity index (χ2n) is 2.60. The Morgan fingerprint density at radius 2 is 2.54 bits per heavy atom. The van der Waals surface area contributed by atoms with Crippen LogP contribution in [0.4, 0.5) is 5.82 Å².